The second kappa shape index (κ2) is 9.38. The van der Waals surface area contributed by atoms with E-state index in [9.17, 15) is 4.39 Å². The maximum absolute atomic E-state index is 13.1. The van der Waals surface area contributed by atoms with Crippen LogP contribution in [0.25, 0.3) is 0 Å². The van der Waals surface area contributed by atoms with Gasteiger partial charge in [-0.05, 0) is 37.1 Å². The summed E-state index contributed by atoms with van der Waals surface area (Å²) in [6, 6.07) is 7.39. The largest absolute Gasteiger partial charge is 0.313 e. The van der Waals surface area contributed by atoms with Crippen molar-refractivity contribution in [3.05, 3.63) is 30.1 Å². The Morgan fingerprint density at radius 2 is 1.95 bits per heavy atom. The molecule has 0 amide bonds. The minimum Gasteiger partial charge on any atom is -0.313 e. The highest BCUT2D eigenvalue weighted by Gasteiger charge is 2.13. The summed E-state index contributed by atoms with van der Waals surface area (Å²) in [4.78, 5) is 1.02. The van der Waals surface area contributed by atoms with Gasteiger partial charge in [-0.2, -0.15) is 0 Å². The summed E-state index contributed by atoms with van der Waals surface area (Å²) in [5.41, 5.74) is 0. The molecule has 0 saturated carbocycles. The SMILES string of the molecule is CCNC(CSc1cccc(F)c1)CC(CC)CC. The number of hydrogen-bond donors (Lipinski definition) is 1. The first-order chi connectivity index (χ1) is 9.19. The van der Waals surface area contributed by atoms with Crippen molar-refractivity contribution < 1.29 is 4.39 Å². The maximum Gasteiger partial charge on any atom is 0.124 e. The molecule has 1 nitrogen and oxygen atoms in total. The Hall–Kier alpha value is -0.540. The molecule has 0 aliphatic rings. The molecule has 3 heteroatoms. The van der Waals surface area contributed by atoms with E-state index in [4.69, 9.17) is 0 Å². The lowest BCUT2D eigenvalue weighted by Gasteiger charge is -2.22. The van der Waals surface area contributed by atoms with Gasteiger partial charge in [0.25, 0.3) is 0 Å². The topological polar surface area (TPSA) is 12.0 Å². The molecule has 0 aromatic heterocycles. The van der Waals surface area contributed by atoms with Gasteiger partial charge >= 0.3 is 0 Å². The average Bonchev–Trinajstić information content (AvgIpc) is 2.42. The van der Waals surface area contributed by atoms with Gasteiger partial charge in [0.15, 0.2) is 0 Å². The Bertz CT molecular complexity index is 352. The third-order valence-corrected chi connectivity index (χ3v) is 4.67. The van der Waals surface area contributed by atoms with Gasteiger partial charge in [0.2, 0.25) is 0 Å². The van der Waals surface area contributed by atoms with Gasteiger partial charge in [-0.15, -0.1) is 11.8 Å². The Kier molecular flexibility index (Phi) is 8.15. The molecule has 0 spiro atoms. The van der Waals surface area contributed by atoms with Crippen LogP contribution in [0.4, 0.5) is 4.39 Å². The van der Waals surface area contributed by atoms with Crippen molar-refractivity contribution in [1.82, 2.24) is 5.32 Å². The van der Waals surface area contributed by atoms with Crippen molar-refractivity contribution in [2.24, 2.45) is 5.92 Å². The van der Waals surface area contributed by atoms with E-state index in [0.29, 0.717) is 6.04 Å². The van der Waals surface area contributed by atoms with Gasteiger partial charge in [-0.25, -0.2) is 4.39 Å². The predicted octanol–water partition coefficient (Wildman–Crippen LogP) is 4.72. The van der Waals surface area contributed by atoms with Gasteiger partial charge in [0, 0.05) is 16.7 Å². The minimum atomic E-state index is -0.148. The zero-order valence-electron chi connectivity index (χ0n) is 12.3. The second-order valence-electron chi connectivity index (χ2n) is 4.94. The van der Waals surface area contributed by atoms with Crippen LogP contribution in [-0.2, 0) is 0 Å². The standard InChI is InChI=1S/C16H26FNS/c1-4-13(5-2)10-15(18-6-3)12-19-16-9-7-8-14(17)11-16/h7-9,11,13,15,18H,4-6,10,12H2,1-3H3. The minimum absolute atomic E-state index is 0.148. The molecule has 0 aliphatic heterocycles. The number of thioether (sulfide) groups is 1. The number of benzene rings is 1. The van der Waals surface area contributed by atoms with Crippen LogP contribution in [0.15, 0.2) is 29.2 Å². The molecule has 0 fully saturated rings. The van der Waals surface area contributed by atoms with E-state index in [-0.39, 0.29) is 5.82 Å². The summed E-state index contributed by atoms with van der Waals surface area (Å²) in [5, 5.41) is 3.55. The van der Waals surface area contributed by atoms with Crippen LogP contribution in [0, 0.1) is 11.7 Å². The first kappa shape index (κ1) is 16.5. The Labute approximate surface area is 121 Å². The summed E-state index contributed by atoms with van der Waals surface area (Å²) in [7, 11) is 0. The van der Waals surface area contributed by atoms with Gasteiger partial charge < -0.3 is 5.32 Å². The molecule has 0 aliphatic carbocycles. The summed E-state index contributed by atoms with van der Waals surface area (Å²) in [5.74, 6) is 1.65. The Balaban J connectivity index is 2.49. The molecule has 0 bridgehead atoms. The summed E-state index contributed by atoms with van der Waals surface area (Å²) >= 11 is 1.74. The van der Waals surface area contributed by atoms with Gasteiger partial charge in [-0.1, -0.05) is 39.7 Å². The molecule has 0 saturated heterocycles. The molecule has 1 atom stereocenters. The Morgan fingerprint density at radius 3 is 2.53 bits per heavy atom. The molecule has 108 valence electrons. The fraction of sp³-hybridized carbons (Fsp3) is 0.625. The average molecular weight is 283 g/mol. The van der Waals surface area contributed by atoms with E-state index in [1.807, 2.05) is 6.07 Å². The first-order valence-electron chi connectivity index (χ1n) is 7.31. The quantitative estimate of drug-likeness (QED) is 0.658. The van der Waals surface area contributed by atoms with E-state index in [0.717, 1.165) is 23.1 Å². The van der Waals surface area contributed by atoms with Crippen LogP contribution in [0.2, 0.25) is 0 Å². The lowest BCUT2D eigenvalue weighted by atomic mass is 9.95. The van der Waals surface area contributed by atoms with Gasteiger partial charge in [0.1, 0.15) is 5.82 Å². The van der Waals surface area contributed by atoms with Crippen molar-refractivity contribution in [1.29, 1.82) is 0 Å². The number of rotatable bonds is 9. The normalized spacial score (nSPS) is 12.9. The van der Waals surface area contributed by atoms with Crippen molar-refractivity contribution in [2.75, 3.05) is 12.3 Å². The second-order valence-corrected chi connectivity index (χ2v) is 6.03. The van der Waals surface area contributed by atoms with E-state index < -0.39 is 0 Å². The van der Waals surface area contributed by atoms with Gasteiger partial charge in [0.05, 0.1) is 0 Å². The third-order valence-electron chi connectivity index (χ3n) is 3.51. The summed E-state index contributed by atoms with van der Waals surface area (Å²) in [6.07, 6.45) is 3.69. The predicted molar refractivity (Wildman–Crippen MR) is 83.3 cm³/mol. The number of hydrogen-bond acceptors (Lipinski definition) is 2. The van der Waals surface area contributed by atoms with Crippen LogP contribution in [0.5, 0.6) is 0 Å². The smallest absolute Gasteiger partial charge is 0.124 e. The molecular weight excluding hydrogens is 257 g/mol. The molecule has 19 heavy (non-hydrogen) atoms. The summed E-state index contributed by atoms with van der Waals surface area (Å²) < 4.78 is 13.1. The van der Waals surface area contributed by atoms with Crippen molar-refractivity contribution >= 4 is 11.8 Å². The number of nitrogens with one attached hydrogen (secondary N) is 1. The van der Waals surface area contributed by atoms with E-state index in [1.54, 1.807) is 23.9 Å². The first-order valence-corrected chi connectivity index (χ1v) is 8.29. The van der Waals surface area contributed by atoms with Crippen LogP contribution in [0.1, 0.15) is 40.0 Å². The highest BCUT2D eigenvalue weighted by atomic mass is 32.2. The monoisotopic (exact) mass is 283 g/mol. The third kappa shape index (κ3) is 6.44. The van der Waals surface area contributed by atoms with Crippen molar-refractivity contribution in [3.8, 4) is 0 Å². The highest BCUT2D eigenvalue weighted by Crippen LogP contribution is 2.23. The van der Waals surface area contributed by atoms with E-state index in [2.05, 4.69) is 26.1 Å². The number of halogens is 1. The molecule has 0 radical (unpaired) electrons. The van der Waals surface area contributed by atoms with Crippen LogP contribution >= 0.6 is 11.8 Å². The Morgan fingerprint density at radius 1 is 1.21 bits per heavy atom. The van der Waals surface area contributed by atoms with Crippen LogP contribution in [-0.4, -0.2) is 18.3 Å². The highest BCUT2D eigenvalue weighted by molar-refractivity contribution is 7.99. The molecular formula is C16H26FNS. The molecule has 1 aromatic carbocycles. The van der Waals surface area contributed by atoms with Gasteiger partial charge in [-0.3, -0.25) is 0 Å². The van der Waals surface area contributed by atoms with E-state index in [1.165, 1.54) is 25.3 Å². The molecule has 0 heterocycles. The molecule has 1 aromatic rings. The molecule has 1 N–H and O–H groups in total. The fourth-order valence-corrected chi connectivity index (χ4v) is 3.30. The zero-order valence-corrected chi connectivity index (χ0v) is 13.1. The lowest BCUT2D eigenvalue weighted by molar-refractivity contribution is 0.388. The van der Waals surface area contributed by atoms with Crippen LogP contribution in [0.3, 0.4) is 0 Å². The lowest BCUT2D eigenvalue weighted by Crippen LogP contribution is -2.33. The molecule has 1 unspecified atom stereocenters. The van der Waals surface area contributed by atoms with Crippen molar-refractivity contribution in [3.63, 3.8) is 0 Å². The van der Waals surface area contributed by atoms with E-state index >= 15 is 0 Å². The maximum atomic E-state index is 13.1. The molecule has 1 rings (SSSR count). The zero-order chi connectivity index (χ0) is 14.1. The fourth-order valence-electron chi connectivity index (χ4n) is 2.28. The van der Waals surface area contributed by atoms with Crippen LogP contribution < -0.4 is 5.32 Å². The van der Waals surface area contributed by atoms with Crippen molar-refractivity contribution in [2.45, 2.75) is 51.0 Å². The summed E-state index contributed by atoms with van der Waals surface area (Å²) in [6.45, 7) is 7.66.